The van der Waals surface area contributed by atoms with E-state index in [1.54, 1.807) is 0 Å². The van der Waals surface area contributed by atoms with Gasteiger partial charge >= 0.3 is 0 Å². The topological polar surface area (TPSA) is 49.9 Å². The van der Waals surface area contributed by atoms with Crippen molar-refractivity contribution in [1.82, 2.24) is 9.80 Å². The average molecular weight is 380 g/mol. The second kappa shape index (κ2) is 9.40. The van der Waals surface area contributed by atoms with Gasteiger partial charge in [-0.1, -0.05) is 36.4 Å². The molecule has 0 saturated carbocycles. The first-order valence-corrected chi connectivity index (χ1v) is 9.87. The number of nitrogens with zero attached hydrogens (tertiary/aromatic N) is 2. The van der Waals surface area contributed by atoms with Gasteiger partial charge in [-0.15, -0.1) is 0 Å². The minimum atomic E-state index is 0.0368. The Morgan fingerprint density at radius 3 is 2.11 bits per heavy atom. The molecule has 5 heteroatoms. The van der Waals surface area contributed by atoms with Gasteiger partial charge in [0.2, 0.25) is 5.91 Å². The lowest BCUT2D eigenvalue weighted by Gasteiger charge is -2.35. The quantitative estimate of drug-likeness (QED) is 0.722. The third-order valence-electron chi connectivity index (χ3n) is 5.13. The van der Waals surface area contributed by atoms with Crippen LogP contribution in [0.25, 0.3) is 0 Å². The number of benzene rings is 2. The maximum Gasteiger partial charge on any atom is 0.253 e. The number of hydrogen-bond acceptors (Lipinski definition) is 3. The zero-order valence-electron chi connectivity index (χ0n) is 16.7. The Balaban J connectivity index is 1.40. The lowest BCUT2D eigenvalue weighted by Crippen LogP contribution is -2.50. The van der Waals surface area contributed by atoms with Crippen LogP contribution in [0.4, 0.5) is 0 Å². The minimum absolute atomic E-state index is 0.0368. The van der Waals surface area contributed by atoms with Gasteiger partial charge in [0.15, 0.2) is 0 Å². The monoisotopic (exact) mass is 380 g/mol. The van der Waals surface area contributed by atoms with Gasteiger partial charge in [-0.2, -0.15) is 0 Å². The van der Waals surface area contributed by atoms with Crippen LogP contribution in [0, 0.1) is 13.8 Å². The molecule has 0 radical (unpaired) electrons. The summed E-state index contributed by atoms with van der Waals surface area (Å²) in [5.74, 6) is 1.09. The van der Waals surface area contributed by atoms with Crippen molar-refractivity contribution in [3.8, 4) is 5.75 Å². The van der Waals surface area contributed by atoms with Gasteiger partial charge in [0, 0.05) is 38.2 Å². The van der Waals surface area contributed by atoms with E-state index >= 15 is 0 Å². The van der Waals surface area contributed by atoms with Crippen molar-refractivity contribution in [3.05, 3.63) is 65.2 Å². The van der Waals surface area contributed by atoms with Crippen molar-refractivity contribution >= 4 is 11.8 Å². The number of aryl methyl sites for hydroxylation is 2. The fourth-order valence-electron chi connectivity index (χ4n) is 3.50. The molecule has 1 fully saturated rings. The van der Waals surface area contributed by atoms with Crippen molar-refractivity contribution in [2.45, 2.75) is 26.7 Å². The molecule has 2 aromatic rings. The van der Waals surface area contributed by atoms with Crippen LogP contribution in [0.15, 0.2) is 48.5 Å². The maximum atomic E-state index is 12.5. The van der Waals surface area contributed by atoms with E-state index < -0.39 is 0 Å². The molecule has 5 nitrogen and oxygen atoms in total. The van der Waals surface area contributed by atoms with Crippen LogP contribution < -0.4 is 4.74 Å². The summed E-state index contributed by atoms with van der Waals surface area (Å²) in [5.41, 5.74) is 2.93. The Morgan fingerprint density at radius 2 is 1.46 bits per heavy atom. The lowest BCUT2D eigenvalue weighted by atomic mass is 10.1. The third-order valence-corrected chi connectivity index (χ3v) is 5.13. The summed E-state index contributed by atoms with van der Waals surface area (Å²) in [6, 6.07) is 15.4. The molecule has 28 heavy (non-hydrogen) atoms. The predicted octanol–water partition coefficient (Wildman–Crippen LogP) is 3.45. The van der Waals surface area contributed by atoms with Crippen molar-refractivity contribution < 1.29 is 14.3 Å². The van der Waals surface area contributed by atoms with Crippen molar-refractivity contribution in [3.63, 3.8) is 0 Å². The van der Waals surface area contributed by atoms with Gasteiger partial charge in [-0.3, -0.25) is 9.59 Å². The van der Waals surface area contributed by atoms with E-state index in [1.165, 1.54) is 0 Å². The second-order valence-electron chi connectivity index (χ2n) is 7.21. The SMILES string of the molecule is Cc1cccc(C)c1OCCCC(=O)N1CCN(C(=O)c2ccccc2)CC1. The first-order valence-electron chi connectivity index (χ1n) is 9.87. The summed E-state index contributed by atoms with van der Waals surface area (Å²) in [7, 11) is 0. The Kier molecular flexibility index (Phi) is 6.69. The van der Waals surface area contributed by atoms with E-state index in [-0.39, 0.29) is 11.8 Å². The number of carbonyl (C=O) groups is 2. The first-order chi connectivity index (χ1) is 13.6. The number of piperazine rings is 1. The molecule has 0 unspecified atom stereocenters. The number of hydrogen-bond donors (Lipinski definition) is 0. The number of para-hydroxylation sites is 1. The maximum absolute atomic E-state index is 12.5. The van der Waals surface area contributed by atoms with Gasteiger partial charge < -0.3 is 14.5 Å². The summed E-state index contributed by atoms with van der Waals surface area (Å²) in [5, 5.41) is 0. The van der Waals surface area contributed by atoms with Crippen LogP contribution in [0.1, 0.15) is 34.3 Å². The molecular formula is C23H28N2O3. The lowest BCUT2D eigenvalue weighted by molar-refractivity contribution is -0.132. The van der Waals surface area contributed by atoms with Gasteiger partial charge in [0.25, 0.3) is 5.91 Å². The van der Waals surface area contributed by atoms with Crippen LogP contribution in [0.3, 0.4) is 0 Å². The molecule has 148 valence electrons. The number of rotatable bonds is 6. The molecule has 1 heterocycles. The molecule has 0 spiro atoms. The Hall–Kier alpha value is -2.82. The Bertz CT molecular complexity index is 792. The molecule has 0 N–H and O–H groups in total. The highest BCUT2D eigenvalue weighted by molar-refractivity contribution is 5.94. The van der Waals surface area contributed by atoms with Gasteiger partial charge in [0.05, 0.1) is 6.61 Å². The van der Waals surface area contributed by atoms with E-state index in [0.29, 0.717) is 51.2 Å². The zero-order chi connectivity index (χ0) is 19.9. The standard InChI is InChI=1S/C23H28N2O3/c1-18-8-6-9-19(2)22(18)28-17-7-12-21(26)24-13-15-25(16-14-24)23(27)20-10-4-3-5-11-20/h3-6,8-11H,7,12-17H2,1-2H3. The van der Waals surface area contributed by atoms with Gasteiger partial charge in [-0.25, -0.2) is 0 Å². The van der Waals surface area contributed by atoms with Crippen LogP contribution in [0.2, 0.25) is 0 Å². The molecule has 2 aromatic carbocycles. The molecule has 3 rings (SSSR count). The molecule has 2 amide bonds. The third kappa shape index (κ3) is 4.91. The van der Waals surface area contributed by atoms with Crippen LogP contribution in [-0.2, 0) is 4.79 Å². The summed E-state index contributed by atoms with van der Waals surface area (Å²) >= 11 is 0. The first kappa shape index (κ1) is 19.9. The molecule has 0 aromatic heterocycles. The Labute approximate surface area is 166 Å². The highest BCUT2D eigenvalue weighted by Crippen LogP contribution is 2.22. The normalized spacial score (nSPS) is 14.1. The summed E-state index contributed by atoms with van der Waals surface area (Å²) in [6.07, 6.45) is 1.16. The van der Waals surface area contributed by atoms with E-state index in [2.05, 4.69) is 0 Å². The number of amides is 2. The van der Waals surface area contributed by atoms with Crippen LogP contribution in [-0.4, -0.2) is 54.4 Å². The summed E-state index contributed by atoms with van der Waals surface area (Å²) in [6.45, 7) is 6.94. The Morgan fingerprint density at radius 1 is 0.857 bits per heavy atom. The average Bonchev–Trinajstić information content (AvgIpc) is 2.73. The molecular weight excluding hydrogens is 352 g/mol. The van der Waals surface area contributed by atoms with E-state index in [0.717, 1.165) is 16.9 Å². The highest BCUT2D eigenvalue weighted by Gasteiger charge is 2.24. The van der Waals surface area contributed by atoms with Crippen LogP contribution >= 0.6 is 0 Å². The fraction of sp³-hybridized carbons (Fsp3) is 0.391. The molecule has 1 aliphatic rings. The molecule has 0 bridgehead atoms. The summed E-state index contributed by atoms with van der Waals surface area (Å²) < 4.78 is 5.88. The number of carbonyl (C=O) groups excluding carboxylic acids is 2. The minimum Gasteiger partial charge on any atom is -0.493 e. The highest BCUT2D eigenvalue weighted by atomic mass is 16.5. The van der Waals surface area contributed by atoms with Gasteiger partial charge in [-0.05, 0) is 43.5 Å². The molecule has 1 aliphatic heterocycles. The van der Waals surface area contributed by atoms with E-state index in [9.17, 15) is 9.59 Å². The smallest absolute Gasteiger partial charge is 0.253 e. The molecule has 0 aliphatic carbocycles. The molecule has 0 atom stereocenters. The second-order valence-corrected chi connectivity index (χ2v) is 7.21. The number of ether oxygens (including phenoxy) is 1. The zero-order valence-corrected chi connectivity index (χ0v) is 16.7. The van der Waals surface area contributed by atoms with Crippen LogP contribution in [0.5, 0.6) is 5.75 Å². The van der Waals surface area contributed by atoms with Gasteiger partial charge in [0.1, 0.15) is 5.75 Å². The van der Waals surface area contributed by atoms with E-state index in [4.69, 9.17) is 4.74 Å². The predicted molar refractivity (Wildman–Crippen MR) is 110 cm³/mol. The largest absolute Gasteiger partial charge is 0.493 e. The van der Waals surface area contributed by atoms with Crippen molar-refractivity contribution in [2.24, 2.45) is 0 Å². The molecule has 1 saturated heterocycles. The fourth-order valence-corrected chi connectivity index (χ4v) is 3.50. The van der Waals surface area contributed by atoms with Crippen molar-refractivity contribution in [2.75, 3.05) is 32.8 Å². The van der Waals surface area contributed by atoms with Crippen molar-refractivity contribution in [1.29, 1.82) is 0 Å². The summed E-state index contributed by atoms with van der Waals surface area (Å²) in [4.78, 5) is 28.6. The van der Waals surface area contributed by atoms with E-state index in [1.807, 2.05) is 72.2 Å².